The Balaban J connectivity index is 1.63. The predicted octanol–water partition coefficient (Wildman–Crippen LogP) is 3.98. The summed E-state index contributed by atoms with van der Waals surface area (Å²) in [5.41, 5.74) is 4.09. The molecule has 1 amide bonds. The molecule has 150 valence electrons. The summed E-state index contributed by atoms with van der Waals surface area (Å²) in [5.74, 6) is 1.62. The van der Waals surface area contributed by atoms with Gasteiger partial charge < -0.3 is 20.1 Å². The van der Waals surface area contributed by atoms with E-state index in [2.05, 4.69) is 20.6 Å². The van der Waals surface area contributed by atoms with Crippen molar-refractivity contribution in [2.75, 3.05) is 24.9 Å². The van der Waals surface area contributed by atoms with Crippen molar-refractivity contribution >= 4 is 17.4 Å². The summed E-state index contributed by atoms with van der Waals surface area (Å²) < 4.78 is 10.6. The number of hydrogen-bond acceptors (Lipinski definition) is 6. The maximum absolute atomic E-state index is 12.4. The molecular weight excluding hydrogens is 368 g/mol. The molecule has 0 saturated heterocycles. The first-order valence-electron chi connectivity index (χ1n) is 9.15. The lowest BCUT2D eigenvalue weighted by molar-refractivity contribution is 0.102. The van der Waals surface area contributed by atoms with Gasteiger partial charge in [-0.3, -0.25) is 4.79 Å². The zero-order valence-corrected chi connectivity index (χ0v) is 16.9. The van der Waals surface area contributed by atoms with Crippen LogP contribution in [0.2, 0.25) is 0 Å². The maximum Gasteiger partial charge on any atom is 0.275 e. The number of hydrogen-bond donors (Lipinski definition) is 2. The fourth-order valence-electron chi connectivity index (χ4n) is 2.78. The second kappa shape index (κ2) is 9.05. The molecule has 0 atom stereocenters. The Hall–Kier alpha value is -3.61. The average Bonchev–Trinajstić information content (AvgIpc) is 2.74. The molecule has 0 aliphatic carbocycles. The van der Waals surface area contributed by atoms with Crippen molar-refractivity contribution in [3.8, 4) is 11.5 Å². The van der Waals surface area contributed by atoms with Gasteiger partial charge in [0.15, 0.2) is 11.5 Å². The Morgan fingerprint density at radius 1 is 0.966 bits per heavy atom. The van der Waals surface area contributed by atoms with Gasteiger partial charge in [0.2, 0.25) is 0 Å². The largest absolute Gasteiger partial charge is 0.493 e. The number of carbonyl (C=O) groups excluding carboxylic acids is 1. The summed E-state index contributed by atoms with van der Waals surface area (Å²) in [6, 6.07) is 11.6. The Morgan fingerprint density at radius 2 is 1.76 bits per heavy atom. The van der Waals surface area contributed by atoms with E-state index in [1.54, 1.807) is 20.4 Å². The molecule has 0 bridgehead atoms. The van der Waals surface area contributed by atoms with Crippen molar-refractivity contribution in [1.82, 2.24) is 9.97 Å². The van der Waals surface area contributed by atoms with E-state index in [4.69, 9.17) is 9.47 Å². The zero-order valence-electron chi connectivity index (χ0n) is 16.9. The van der Waals surface area contributed by atoms with E-state index in [-0.39, 0.29) is 11.6 Å². The fourth-order valence-corrected chi connectivity index (χ4v) is 2.78. The van der Waals surface area contributed by atoms with Crippen LogP contribution >= 0.6 is 0 Å². The second-order valence-electron chi connectivity index (χ2n) is 6.60. The van der Waals surface area contributed by atoms with Gasteiger partial charge in [-0.25, -0.2) is 9.97 Å². The number of ether oxygens (including phenoxy) is 2. The lowest BCUT2D eigenvalue weighted by Crippen LogP contribution is -2.15. The lowest BCUT2D eigenvalue weighted by atomic mass is 10.1. The van der Waals surface area contributed by atoms with Crippen LogP contribution in [-0.2, 0) is 6.54 Å². The van der Waals surface area contributed by atoms with Crippen molar-refractivity contribution in [2.45, 2.75) is 20.4 Å². The topological polar surface area (TPSA) is 85.4 Å². The number of rotatable bonds is 7. The monoisotopic (exact) mass is 392 g/mol. The van der Waals surface area contributed by atoms with Gasteiger partial charge in [0.25, 0.3) is 5.91 Å². The first-order valence-corrected chi connectivity index (χ1v) is 9.15. The highest BCUT2D eigenvalue weighted by atomic mass is 16.5. The van der Waals surface area contributed by atoms with Crippen LogP contribution in [0, 0.1) is 13.8 Å². The molecule has 0 spiro atoms. The smallest absolute Gasteiger partial charge is 0.275 e. The minimum atomic E-state index is -0.294. The van der Waals surface area contributed by atoms with Gasteiger partial charge in [-0.05, 0) is 48.7 Å². The third-order valence-corrected chi connectivity index (χ3v) is 4.45. The molecule has 7 nitrogen and oxygen atoms in total. The molecule has 0 unspecified atom stereocenters. The van der Waals surface area contributed by atoms with Crippen LogP contribution in [0.5, 0.6) is 11.5 Å². The molecule has 29 heavy (non-hydrogen) atoms. The van der Waals surface area contributed by atoms with E-state index < -0.39 is 0 Å². The quantitative estimate of drug-likeness (QED) is 0.633. The van der Waals surface area contributed by atoms with Gasteiger partial charge in [0, 0.05) is 12.2 Å². The van der Waals surface area contributed by atoms with Crippen LogP contribution in [0.4, 0.5) is 11.5 Å². The van der Waals surface area contributed by atoms with Crippen molar-refractivity contribution in [3.63, 3.8) is 0 Å². The molecule has 1 heterocycles. The first kappa shape index (κ1) is 20.1. The SMILES string of the molecule is COc1ccc(CNc2cnc(C(=O)Nc3cc(C)ccc3C)cn2)cc1OC. The first-order chi connectivity index (χ1) is 14.0. The van der Waals surface area contributed by atoms with Gasteiger partial charge in [0.05, 0.1) is 26.6 Å². The molecular formula is C22H24N4O3. The molecule has 0 aliphatic heterocycles. The summed E-state index contributed by atoms with van der Waals surface area (Å²) in [5, 5.41) is 6.06. The molecule has 7 heteroatoms. The fraction of sp³-hybridized carbons (Fsp3) is 0.227. The summed E-state index contributed by atoms with van der Waals surface area (Å²) in [6.45, 7) is 4.46. The van der Waals surface area contributed by atoms with Gasteiger partial charge >= 0.3 is 0 Å². The molecule has 0 saturated carbocycles. The van der Waals surface area contributed by atoms with E-state index >= 15 is 0 Å². The molecule has 0 fully saturated rings. The van der Waals surface area contributed by atoms with E-state index in [1.807, 2.05) is 50.2 Å². The Morgan fingerprint density at radius 3 is 2.45 bits per heavy atom. The zero-order chi connectivity index (χ0) is 20.8. The molecule has 2 N–H and O–H groups in total. The van der Waals surface area contributed by atoms with Crippen LogP contribution in [0.1, 0.15) is 27.2 Å². The van der Waals surface area contributed by atoms with E-state index in [0.717, 1.165) is 22.4 Å². The number of anilines is 2. The normalized spacial score (nSPS) is 10.3. The van der Waals surface area contributed by atoms with E-state index in [1.165, 1.54) is 6.20 Å². The number of benzene rings is 2. The van der Waals surface area contributed by atoms with E-state index in [9.17, 15) is 4.79 Å². The summed E-state index contributed by atoms with van der Waals surface area (Å²) in [4.78, 5) is 20.9. The molecule has 1 aromatic heterocycles. The van der Waals surface area contributed by atoms with Crippen LogP contribution < -0.4 is 20.1 Å². The third kappa shape index (κ3) is 5.01. The van der Waals surface area contributed by atoms with Gasteiger partial charge in [-0.1, -0.05) is 18.2 Å². The number of carbonyl (C=O) groups is 1. The average molecular weight is 392 g/mol. The molecule has 0 aliphatic rings. The van der Waals surface area contributed by atoms with Crippen molar-refractivity contribution in [3.05, 3.63) is 71.2 Å². The Kier molecular flexibility index (Phi) is 6.29. The number of nitrogens with one attached hydrogen (secondary N) is 2. The van der Waals surface area contributed by atoms with Crippen molar-refractivity contribution < 1.29 is 14.3 Å². The van der Waals surface area contributed by atoms with Crippen LogP contribution in [-0.4, -0.2) is 30.1 Å². The highest BCUT2D eigenvalue weighted by molar-refractivity contribution is 6.03. The lowest BCUT2D eigenvalue weighted by Gasteiger charge is -2.11. The third-order valence-electron chi connectivity index (χ3n) is 4.45. The highest BCUT2D eigenvalue weighted by Crippen LogP contribution is 2.27. The van der Waals surface area contributed by atoms with Gasteiger partial charge in [-0.15, -0.1) is 0 Å². The number of amides is 1. The Bertz CT molecular complexity index is 1000. The minimum absolute atomic E-state index is 0.252. The van der Waals surface area contributed by atoms with E-state index in [0.29, 0.717) is 23.9 Å². The Labute approximate surface area is 170 Å². The van der Waals surface area contributed by atoms with Crippen LogP contribution in [0.15, 0.2) is 48.8 Å². The van der Waals surface area contributed by atoms with Crippen LogP contribution in [0.25, 0.3) is 0 Å². The number of methoxy groups -OCH3 is 2. The summed E-state index contributed by atoms with van der Waals surface area (Å²) >= 11 is 0. The standard InChI is InChI=1S/C22H24N4O3/c1-14-5-6-15(2)17(9-14)26-22(27)18-12-25-21(13-23-18)24-11-16-7-8-19(28-3)20(10-16)29-4/h5-10,12-13H,11H2,1-4H3,(H,24,25)(H,26,27). The molecule has 2 aromatic carbocycles. The van der Waals surface area contributed by atoms with Crippen molar-refractivity contribution in [1.29, 1.82) is 0 Å². The number of nitrogens with zero attached hydrogens (tertiary/aromatic N) is 2. The number of aryl methyl sites for hydroxylation is 2. The summed E-state index contributed by atoms with van der Waals surface area (Å²) in [6.07, 6.45) is 3.00. The molecule has 0 radical (unpaired) electrons. The second-order valence-corrected chi connectivity index (χ2v) is 6.60. The van der Waals surface area contributed by atoms with Gasteiger partial charge in [0.1, 0.15) is 11.5 Å². The van der Waals surface area contributed by atoms with Crippen molar-refractivity contribution in [2.24, 2.45) is 0 Å². The van der Waals surface area contributed by atoms with Gasteiger partial charge in [-0.2, -0.15) is 0 Å². The number of aromatic nitrogens is 2. The molecule has 3 rings (SSSR count). The molecule has 3 aromatic rings. The summed E-state index contributed by atoms with van der Waals surface area (Å²) in [7, 11) is 3.20. The maximum atomic E-state index is 12.4. The highest BCUT2D eigenvalue weighted by Gasteiger charge is 2.10. The predicted molar refractivity (Wildman–Crippen MR) is 113 cm³/mol. The van der Waals surface area contributed by atoms with Crippen LogP contribution in [0.3, 0.4) is 0 Å². The minimum Gasteiger partial charge on any atom is -0.493 e.